The molecule has 0 radical (unpaired) electrons. The number of rotatable bonds is 8. The number of para-hydroxylation sites is 1. The van der Waals surface area contributed by atoms with Crippen LogP contribution in [0.3, 0.4) is 0 Å². The lowest BCUT2D eigenvalue weighted by Crippen LogP contribution is -2.54. The van der Waals surface area contributed by atoms with Gasteiger partial charge in [-0.1, -0.05) is 29.8 Å². The first-order chi connectivity index (χ1) is 19.1. The summed E-state index contributed by atoms with van der Waals surface area (Å²) in [5.41, 5.74) is -0.0378. The summed E-state index contributed by atoms with van der Waals surface area (Å²) >= 11 is 8.01. The number of barbiturate groups is 1. The van der Waals surface area contributed by atoms with E-state index < -0.39 is 34.2 Å². The summed E-state index contributed by atoms with van der Waals surface area (Å²) in [5.74, 6) is -1.93. The zero-order chi connectivity index (χ0) is 29.0. The van der Waals surface area contributed by atoms with Gasteiger partial charge in [0.05, 0.1) is 32.0 Å². The van der Waals surface area contributed by atoms with Crippen LogP contribution in [0.15, 0.2) is 66.2 Å². The molecule has 1 fully saturated rings. The number of imide groups is 2. The van der Waals surface area contributed by atoms with Gasteiger partial charge in [-0.3, -0.25) is 29.8 Å². The van der Waals surface area contributed by atoms with Crippen LogP contribution in [-0.4, -0.2) is 42.4 Å². The summed E-state index contributed by atoms with van der Waals surface area (Å²) in [6, 6.07) is 13.6. The molecule has 0 saturated carbocycles. The summed E-state index contributed by atoms with van der Waals surface area (Å²) in [6.07, 6.45) is 1.24. The van der Waals surface area contributed by atoms with Crippen molar-refractivity contribution in [2.45, 2.75) is 0 Å². The highest BCUT2D eigenvalue weighted by molar-refractivity contribution is 14.1. The van der Waals surface area contributed by atoms with Crippen molar-refractivity contribution in [2.75, 3.05) is 23.9 Å². The summed E-state index contributed by atoms with van der Waals surface area (Å²) in [4.78, 5) is 61.7. The monoisotopic (exact) mass is 676 g/mol. The van der Waals surface area contributed by atoms with Crippen LogP contribution >= 0.6 is 34.2 Å². The third-order valence-electron chi connectivity index (χ3n) is 5.46. The lowest BCUT2D eigenvalue weighted by molar-refractivity contribution is -0.384. The van der Waals surface area contributed by atoms with Crippen molar-refractivity contribution in [1.82, 2.24) is 5.32 Å². The van der Waals surface area contributed by atoms with Crippen LogP contribution in [0.5, 0.6) is 11.5 Å². The first kappa shape index (κ1) is 28.5. The van der Waals surface area contributed by atoms with Crippen LogP contribution in [0.2, 0.25) is 5.02 Å². The second-order valence-corrected chi connectivity index (χ2v) is 9.66. The highest BCUT2D eigenvalue weighted by Gasteiger charge is 2.37. The Balaban J connectivity index is 1.58. The molecular formula is C26H18ClIN4O8. The summed E-state index contributed by atoms with van der Waals surface area (Å²) in [5, 5.41) is 16.2. The zero-order valence-corrected chi connectivity index (χ0v) is 23.4. The maximum absolute atomic E-state index is 13.2. The Morgan fingerprint density at radius 2 is 1.90 bits per heavy atom. The Bertz CT molecular complexity index is 1590. The molecule has 0 aromatic heterocycles. The molecule has 0 aliphatic carbocycles. The highest BCUT2D eigenvalue weighted by atomic mass is 127. The van der Waals surface area contributed by atoms with Crippen LogP contribution in [0.1, 0.15) is 5.56 Å². The van der Waals surface area contributed by atoms with E-state index in [1.54, 1.807) is 30.3 Å². The Morgan fingerprint density at radius 3 is 2.60 bits per heavy atom. The molecule has 0 atom stereocenters. The quantitative estimate of drug-likeness (QED) is 0.116. The fourth-order valence-electron chi connectivity index (χ4n) is 3.65. The largest absolute Gasteiger partial charge is 0.493 e. The number of nitrogens with zero attached hydrogens (tertiary/aromatic N) is 2. The molecule has 40 heavy (non-hydrogen) atoms. The fraction of sp³-hybridized carbons (Fsp3) is 0.0769. The fourth-order valence-corrected chi connectivity index (χ4v) is 4.62. The third kappa shape index (κ3) is 6.21. The molecule has 14 heteroatoms. The Kier molecular flexibility index (Phi) is 8.64. The van der Waals surface area contributed by atoms with Crippen LogP contribution < -0.4 is 25.0 Å². The molecule has 1 heterocycles. The molecule has 1 aliphatic rings. The van der Waals surface area contributed by atoms with Gasteiger partial charge < -0.3 is 14.8 Å². The van der Waals surface area contributed by atoms with Gasteiger partial charge in [-0.05, 0) is 64.6 Å². The predicted molar refractivity (Wildman–Crippen MR) is 153 cm³/mol. The number of benzene rings is 3. The average molecular weight is 677 g/mol. The van der Waals surface area contributed by atoms with E-state index in [9.17, 15) is 29.3 Å². The highest BCUT2D eigenvalue weighted by Crippen LogP contribution is 2.35. The van der Waals surface area contributed by atoms with E-state index in [0.717, 1.165) is 6.07 Å². The number of nitro benzene ring substituents is 1. The van der Waals surface area contributed by atoms with Crippen molar-refractivity contribution >= 4 is 81.1 Å². The molecule has 204 valence electrons. The Morgan fingerprint density at radius 1 is 1.15 bits per heavy atom. The minimum absolute atomic E-state index is 0.0823. The summed E-state index contributed by atoms with van der Waals surface area (Å²) < 4.78 is 11.6. The molecule has 12 nitrogen and oxygen atoms in total. The number of anilines is 2. The lowest BCUT2D eigenvalue weighted by Gasteiger charge is -2.26. The number of carbonyl (C=O) groups excluding carboxylic acids is 4. The topological polar surface area (TPSA) is 157 Å². The number of non-ortho nitro benzene ring substituents is 1. The van der Waals surface area contributed by atoms with E-state index in [-0.39, 0.29) is 29.5 Å². The van der Waals surface area contributed by atoms with Gasteiger partial charge in [0.2, 0.25) is 0 Å². The lowest BCUT2D eigenvalue weighted by atomic mass is 10.1. The van der Waals surface area contributed by atoms with Crippen molar-refractivity contribution in [1.29, 1.82) is 0 Å². The van der Waals surface area contributed by atoms with Crippen LogP contribution in [0, 0.1) is 13.7 Å². The van der Waals surface area contributed by atoms with E-state index in [1.165, 1.54) is 37.5 Å². The first-order valence-corrected chi connectivity index (χ1v) is 12.8. The van der Waals surface area contributed by atoms with Gasteiger partial charge in [0.1, 0.15) is 5.57 Å². The Hall–Kier alpha value is -4.50. The van der Waals surface area contributed by atoms with Crippen LogP contribution in [-0.2, 0) is 14.4 Å². The molecule has 5 amide bonds. The second kappa shape index (κ2) is 12.1. The minimum Gasteiger partial charge on any atom is -0.493 e. The first-order valence-electron chi connectivity index (χ1n) is 11.3. The maximum atomic E-state index is 13.2. The SMILES string of the molecule is COc1cc(/C=C2/C(=O)NC(=O)N(c3cccc([N+](=O)[O-])c3)C2=O)cc(I)c1OCC(=O)Nc1ccccc1Cl. The maximum Gasteiger partial charge on any atom is 0.335 e. The zero-order valence-electron chi connectivity index (χ0n) is 20.5. The van der Waals surface area contributed by atoms with Crippen molar-refractivity contribution in [2.24, 2.45) is 0 Å². The molecule has 2 N–H and O–H groups in total. The van der Waals surface area contributed by atoms with Crippen LogP contribution in [0.4, 0.5) is 21.9 Å². The average Bonchev–Trinajstić information content (AvgIpc) is 2.91. The third-order valence-corrected chi connectivity index (χ3v) is 6.59. The van der Waals surface area contributed by atoms with Gasteiger partial charge in [0.25, 0.3) is 23.4 Å². The van der Waals surface area contributed by atoms with Crippen molar-refractivity contribution in [3.8, 4) is 11.5 Å². The number of ether oxygens (including phenoxy) is 2. The smallest absolute Gasteiger partial charge is 0.335 e. The van der Waals surface area contributed by atoms with E-state index in [1.807, 2.05) is 22.6 Å². The number of urea groups is 1. The van der Waals surface area contributed by atoms with E-state index in [0.29, 0.717) is 24.7 Å². The van der Waals surface area contributed by atoms with E-state index in [4.69, 9.17) is 21.1 Å². The molecule has 0 unspecified atom stereocenters. The van der Waals surface area contributed by atoms with Crippen molar-refractivity contribution in [3.05, 3.63) is 90.5 Å². The van der Waals surface area contributed by atoms with E-state index >= 15 is 0 Å². The number of hydrogen-bond acceptors (Lipinski definition) is 8. The van der Waals surface area contributed by atoms with Crippen LogP contribution in [0.25, 0.3) is 6.08 Å². The predicted octanol–water partition coefficient (Wildman–Crippen LogP) is 4.55. The van der Waals surface area contributed by atoms with Gasteiger partial charge in [0, 0.05) is 12.1 Å². The van der Waals surface area contributed by atoms with Gasteiger partial charge in [-0.25, -0.2) is 9.69 Å². The number of nitrogens with one attached hydrogen (secondary N) is 2. The summed E-state index contributed by atoms with van der Waals surface area (Å²) in [7, 11) is 1.38. The number of halogens is 2. The Labute approximate surface area is 245 Å². The number of carbonyl (C=O) groups is 4. The van der Waals surface area contributed by atoms with E-state index in [2.05, 4.69) is 10.6 Å². The molecule has 4 rings (SSSR count). The number of nitro groups is 1. The number of hydrogen-bond donors (Lipinski definition) is 2. The minimum atomic E-state index is -1.04. The van der Waals surface area contributed by atoms with Gasteiger partial charge >= 0.3 is 6.03 Å². The normalized spacial score (nSPS) is 14.1. The molecule has 0 bridgehead atoms. The second-order valence-electron chi connectivity index (χ2n) is 8.09. The van der Waals surface area contributed by atoms with Gasteiger partial charge in [-0.15, -0.1) is 0 Å². The van der Waals surface area contributed by atoms with Crippen molar-refractivity contribution < 1.29 is 33.6 Å². The number of amides is 5. The molecule has 1 aliphatic heterocycles. The summed E-state index contributed by atoms with van der Waals surface area (Å²) in [6.45, 7) is -0.362. The van der Waals surface area contributed by atoms with Crippen molar-refractivity contribution in [3.63, 3.8) is 0 Å². The molecular weight excluding hydrogens is 659 g/mol. The molecule has 3 aromatic rings. The standard InChI is InChI=1S/C26H18ClIN4O8/c1-39-21-11-14(10-19(28)23(21)40-13-22(33)29-20-8-3-2-7-18(20)27)9-17-24(34)30-26(36)31(25(17)35)15-5-4-6-16(12-15)32(37)38/h2-12H,13H2,1H3,(H,29,33)(H,30,34,36)/b17-9-. The number of methoxy groups -OCH3 is 1. The van der Waals surface area contributed by atoms with Gasteiger partial charge in [-0.2, -0.15) is 0 Å². The molecule has 0 spiro atoms. The molecule has 1 saturated heterocycles. The van der Waals surface area contributed by atoms with Gasteiger partial charge in [0.15, 0.2) is 18.1 Å². The molecule has 3 aromatic carbocycles.